The lowest BCUT2D eigenvalue weighted by Gasteiger charge is -2.09. The van der Waals surface area contributed by atoms with Crippen LogP contribution in [0.15, 0.2) is 24.3 Å². The fourth-order valence-electron chi connectivity index (χ4n) is 1.63. The van der Waals surface area contributed by atoms with E-state index in [-0.39, 0.29) is 6.10 Å². The van der Waals surface area contributed by atoms with Crippen LogP contribution < -0.4 is 15.4 Å². The van der Waals surface area contributed by atoms with Crippen molar-refractivity contribution in [2.45, 2.75) is 26.5 Å². The third kappa shape index (κ3) is 6.59. The van der Waals surface area contributed by atoms with Gasteiger partial charge < -0.3 is 20.5 Å². The molecule has 3 N–H and O–H groups in total. The Morgan fingerprint density at radius 1 is 1.28 bits per heavy atom. The molecule has 102 valence electrons. The predicted molar refractivity (Wildman–Crippen MR) is 73.9 cm³/mol. The van der Waals surface area contributed by atoms with E-state index in [0.717, 1.165) is 25.4 Å². The van der Waals surface area contributed by atoms with Crippen molar-refractivity contribution in [2.24, 2.45) is 0 Å². The Kier molecular flexibility index (Phi) is 7.41. The lowest BCUT2D eigenvalue weighted by Crippen LogP contribution is -2.31. The number of ether oxygens (including phenoxy) is 1. The van der Waals surface area contributed by atoms with Crippen LogP contribution in [0.5, 0.6) is 5.75 Å². The maximum atomic E-state index is 9.07. The van der Waals surface area contributed by atoms with Gasteiger partial charge in [0.1, 0.15) is 5.75 Å². The lowest BCUT2D eigenvalue weighted by atomic mass is 10.2. The molecule has 0 fully saturated rings. The molecule has 1 rings (SSSR count). The predicted octanol–water partition coefficient (Wildman–Crippen LogP) is 1.15. The average Bonchev–Trinajstić information content (AvgIpc) is 2.34. The highest BCUT2D eigenvalue weighted by Gasteiger charge is 1.97. The van der Waals surface area contributed by atoms with Crippen LogP contribution in [0.25, 0.3) is 0 Å². The molecule has 0 bridgehead atoms. The van der Waals surface area contributed by atoms with E-state index in [1.807, 2.05) is 19.1 Å². The monoisotopic (exact) mass is 252 g/mol. The van der Waals surface area contributed by atoms with Crippen LogP contribution in [0.3, 0.4) is 0 Å². The third-order valence-electron chi connectivity index (χ3n) is 2.46. The number of benzene rings is 1. The van der Waals surface area contributed by atoms with E-state index in [9.17, 15) is 0 Å². The van der Waals surface area contributed by atoms with E-state index < -0.39 is 0 Å². The van der Waals surface area contributed by atoms with Crippen LogP contribution in [0, 0.1) is 0 Å². The molecule has 0 heterocycles. The molecule has 0 radical (unpaired) electrons. The smallest absolute Gasteiger partial charge is 0.119 e. The SMILES string of the molecule is CCOc1cccc(CNCCNC[C@H](C)O)c1. The summed E-state index contributed by atoms with van der Waals surface area (Å²) in [6, 6.07) is 8.11. The second-order valence-electron chi connectivity index (χ2n) is 4.31. The van der Waals surface area contributed by atoms with Gasteiger partial charge in [-0.2, -0.15) is 0 Å². The zero-order chi connectivity index (χ0) is 13.2. The molecule has 0 saturated carbocycles. The normalized spacial score (nSPS) is 12.4. The number of aliphatic hydroxyl groups is 1. The molecule has 0 unspecified atom stereocenters. The van der Waals surface area contributed by atoms with Gasteiger partial charge >= 0.3 is 0 Å². The number of rotatable bonds is 9. The van der Waals surface area contributed by atoms with Crippen LogP contribution in [0.4, 0.5) is 0 Å². The summed E-state index contributed by atoms with van der Waals surface area (Å²) in [5.74, 6) is 0.920. The van der Waals surface area contributed by atoms with Crippen molar-refractivity contribution in [3.63, 3.8) is 0 Å². The Hall–Kier alpha value is -1.10. The maximum absolute atomic E-state index is 9.07. The van der Waals surface area contributed by atoms with Crippen molar-refractivity contribution < 1.29 is 9.84 Å². The Morgan fingerprint density at radius 2 is 2.06 bits per heavy atom. The van der Waals surface area contributed by atoms with E-state index in [0.29, 0.717) is 13.2 Å². The molecule has 0 saturated heterocycles. The van der Waals surface area contributed by atoms with E-state index in [1.54, 1.807) is 6.92 Å². The first-order valence-corrected chi connectivity index (χ1v) is 6.53. The minimum Gasteiger partial charge on any atom is -0.494 e. The first-order valence-electron chi connectivity index (χ1n) is 6.53. The van der Waals surface area contributed by atoms with Gasteiger partial charge in [-0.1, -0.05) is 12.1 Å². The van der Waals surface area contributed by atoms with E-state index in [4.69, 9.17) is 9.84 Å². The van der Waals surface area contributed by atoms with Gasteiger partial charge in [0.2, 0.25) is 0 Å². The first-order chi connectivity index (χ1) is 8.72. The Balaban J connectivity index is 2.16. The van der Waals surface area contributed by atoms with Gasteiger partial charge in [0, 0.05) is 26.2 Å². The molecule has 0 aliphatic rings. The zero-order valence-electron chi connectivity index (χ0n) is 11.3. The minimum absolute atomic E-state index is 0.284. The summed E-state index contributed by atoms with van der Waals surface area (Å²) in [6.45, 7) is 7.67. The van der Waals surface area contributed by atoms with Gasteiger partial charge in [-0.05, 0) is 31.5 Å². The van der Waals surface area contributed by atoms with Crippen molar-refractivity contribution in [1.29, 1.82) is 0 Å². The minimum atomic E-state index is -0.284. The van der Waals surface area contributed by atoms with Gasteiger partial charge in [0.05, 0.1) is 12.7 Å². The summed E-state index contributed by atoms with van der Waals surface area (Å²) in [7, 11) is 0. The van der Waals surface area contributed by atoms with Gasteiger partial charge in [-0.3, -0.25) is 0 Å². The Bertz CT molecular complexity index is 329. The fraction of sp³-hybridized carbons (Fsp3) is 0.571. The topological polar surface area (TPSA) is 53.5 Å². The highest BCUT2D eigenvalue weighted by molar-refractivity contribution is 5.28. The van der Waals surface area contributed by atoms with Gasteiger partial charge in [-0.15, -0.1) is 0 Å². The van der Waals surface area contributed by atoms with Crippen LogP contribution >= 0.6 is 0 Å². The summed E-state index contributed by atoms with van der Waals surface area (Å²) in [4.78, 5) is 0. The Morgan fingerprint density at radius 3 is 2.78 bits per heavy atom. The molecule has 0 aliphatic carbocycles. The summed E-state index contributed by atoms with van der Waals surface area (Å²) < 4.78 is 5.45. The van der Waals surface area contributed by atoms with Crippen LogP contribution in [-0.4, -0.2) is 37.5 Å². The largest absolute Gasteiger partial charge is 0.494 e. The second-order valence-corrected chi connectivity index (χ2v) is 4.31. The molecule has 1 atom stereocenters. The van der Waals surface area contributed by atoms with Crippen molar-refractivity contribution in [1.82, 2.24) is 10.6 Å². The van der Waals surface area contributed by atoms with E-state index >= 15 is 0 Å². The molecule has 4 heteroatoms. The fourth-order valence-corrected chi connectivity index (χ4v) is 1.63. The number of aliphatic hydroxyl groups excluding tert-OH is 1. The highest BCUT2D eigenvalue weighted by atomic mass is 16.5. The van der Waals surface area contributed by atoms with Crippen molar-refractivity contribution in [3.8, 4) is 5.75 Å². The van der Waals surface area contributed by atoms with Gasteiger partial charge in [0.15, 0.2) is 0 Å². The molecule has 0 amide bonds. The summed E-state index contributed by atoms with van der Waals surface area (Å²) in [5.41, 5.74) is 1.22. The summed E-state index contributed by atoms with van der Waals surface area (Å²) >= 11 is 0. The first kappa shape index (κ1) is 15.0. The molecular formula is C14H24N2O2. The summed E-state index contributed by atoms with van der Waals surface area (Å²) in [6.07, 6.45) is -0.284. The number of hydrogen-bond acceptors (Lipinski definition) is 4. The zero-order valence-corrected chi connectivity index (χ0v) is 11.3. The van der Waals surface area contributed by atoms with Crippen molar-refractivity contribution in [2.75, 3.05) is 26.2 Å². The van der Waals surface area contributed by atoms with Gasteiger partial charge in [-0.25, -0.2) is 0 Å². The highest BCUT2D eigenvalue weighted by Crippen LogP contribution is 2.12. The lowest BCUT2D eigenvalue weighted by molar-refractivity contribution is 0.191. The second kappa shape index (κ2) is 8.91. The molecule has 0 aromatic heterocycles. The quantitative estimate of drug-likeness (QED) is 0.577. The van der Waals surface area contributed by atoms with E-state index in [1.165, 1.54) is 5.56 Å². The maximum Gasteiger partial charge on any atom is 0.119 e. The molecule has 18 heavy (non-hydrogen) atoms. The van der Waals surface area contributed by atoms with Crippen LogP contribution in [0.1, 0.15) is 19.4 Å². The molecule has 1 aromatic rings. The number of nitrogens with one attached hydrogen (secondary N) is 2. The van der Waals surface area contributed by atoms with E-state index in [2.05, 4.69) is 22.8 Å². The summed E-state index contributed by atoms with van der Waals surface area (Å²) in [5, 5.41) is 15.6. The average molecular weight is 252 g/mol. The van der Waals surface area contributed by atoms with Crippen molar-refractivity contribution in [3.05, 3.63) is 29.8 Å². The number of hydrogen-bond donors (Lipinski definition) is 3. The molecule has 0 aliphatic heterocycles. The van der Waals surface area contributed by atoms with Crippen LogP contribution in [-0.2, 0) is 6.54 Å². The Labute approximate surface area is 109 Å². The molecular weight excluding hydrogens is 228 g/mol. The standard InChI is InChI=1S/C14H24N2O2/c1-3-18-14-6-4-5-13(9-14)11-16-8-7-15-10-12(2)17/h4-6,9,12,15-17H,3,7-8,10-11H2,1-2H3/t12-/m0/s1. The van der Waals surface area contributed by atoms with Gasteiger partial charge in [0.25, 0.3) is 0 Å². The molecule has 0 spiro atoms. The molecule has 1 aromatic carbocycles. The molecule has 4 nitrogen and oxygen atoms in total. The third-order valence-corrected chi connectivity index (χ3v) is 2.46. The van der Waals surface area contributed by atoms with Crippen molar-refractivity contribution >= 4 is 0 Å². The van der Waals surface area contributed by atoms with Crippen LogP contribution in [0.2, 0.25) is 0 Å².